The van der Waals surface area contributed by atoms with Crippen LogP contribution in [0.2, 0.25) is 0 Å². The molecule has 0 aliphatic carbocycles. The summed E-state index contributed by atoms with van der Waals surface area (Å²) in [6.45, 7) is 1.04. The van der Waals surface area contributed by atoms with E-state index >= 15 is 0 Å². The molecule has 1 unspecified atom stereocenters. The Morgan fingerprint density at radius 2 is 1.51 bits per heavy atom. The number of unbranched alkanes of at least 4 members (excludes halogenated alkanes) is 14. The predicted molar refractivity (Wildman–Crippen MR) is 225 cm³/mol. The summed E-state index contributed by atoms with van der Waals surface area (Å²) in [4.78, 5) is 35.9. The van der Waals surface area contributed by atoms with Gasteiger partial charge in [0.15, 0.2) is 11.9 Å². The maximum absolute atomic E-state index is 12.4. The SMILES string of the molecule is CC(=O)OC[C@H](COP(=O)([O-])OCC[N+](C)(C)C)OC(=O)/C=C/CCCCC[C@H]1O[C@]2(CCCCCCCCCCCCCCOC[C@H](N)COS(=O)(=O)O)CC[C@@H](O)[C@H]1O2. The number of phosphoric ester groups is 1. The number of rotatable bonds is 37. The maximum Gasteiger partial charge on any atom is 0.397 e. The molecule has 0 saturated carbocycles. The normalized spacial score (nSPS) is 22.6. The number of fused-ring (bicyclic) bond motifs is 2. The van der Waals surface area contributed by atoms with Crippen molar-refractivity contribution in [1.29, 1.82) is 0 Å². The van der Waals surface area contributed by atoms with Crippen LogP contribution in [0, 0.1) is 0 Å². The topological polar surface area (TPSA) is 249 Å². The Labute approximate surface area is 364 Å². The fourth-order valence-corrected chi connectivity index (χ4v) is 8.17. The molecule has 358 valence electrons. The number of quaternary nitrogens is 1. The van der Waals surface area contributed by atoms with Gasteiger partial charge in [0.05, 0.1) is 59.2 Å². The number of ether oxygens (including phenoxy) is 5. The Morgan fingerprint density at radius 3 is 2.13 bits per heavy atom. The standard InChI is InChI=1S/C41H77N2O16PS/c1-34(44)53-32-36(33-55-60(47,48)54-29-27-43(2,3)4)57-39(46)23-19-15-13-14-18-22-38-40-37(45)24-26-41(58-38,59-40)25-20-16-11-9-7-5-6-8-10-12-17-21-28-52-30-35(42)31-56-61(49,50)51/h19,23,35-38,40,45H,5-18,20-22,24-33,42H2,1-4H3,(H-,47,48,49,50,51)/b23-19+/t35-,36+,37+,38+,40+,41-/m0/s1. The molecule has 2 aliphatic heterocycles. The Bertz CT molecular complexity index is 1420. The summed E-state index contributed by atoms with van der Waals surface area (Å²) in [5.41, 5.74) is 5.68. The molecule has 2 heterocycles. The first-order valence-corrected chi connectivity index (χ1v) is 25.0. The quantitative estimate of drug-likeness (QED) is 0.0184. The number of likely N-dealkylation sites (N-methyl/N-ethyl adjacent to an activating group) is 1. The number of carbonyl (C=O) groups excluding carboxylic acids is 2. The van der Waals surface area contributed by atoms with Gasteiger partial charge in [-0.2, -0.15) is 8.42 Å². The van der Waals surface area contributed by atoms with E-state index in [1.807, 2.05) is 21.1 Å². The molecular formula is C41H77N2O16PS. The van der Waals surface area contributed by atoms with E-state index in [1.54, 1.807) is 6.08 Å². The summed E-state index contributed by atoms with van der Waals surface area (Å²) in [7, 11) is -3.47. The first-order valence-electron chi connectivity index (χ1n) is 22.2. The zero-order valence-corrected chi connectivity index (χ0v) is 38.8. The van der Waals surface area contributed by atoms with E-state index in [2.05, 4.69) is 4.18 Å². The first-order chi connectivity index (χ1) is 28.8. The monoisotopic (exact) mass is 916 g/mol. The van der Waals surface area contributed by atoms with Gasteiger partial charge in [0.25, 0.3) is 7.82 Å². The van der Waals surface area contributed by atoms with Crippen molar-refractivity contribution in [2.45, 2.75) is 172 Å². The number of allylic oxidation sites excluding steroid dienone is 1. The third-order valence-corrected chi connectivity index (χ3v) is 11.8. The van der Waals surface area contributed by atoms with Crippen molar-refractivity contribution in [3.8, 4) is 0 Å². The van der Waals surface area contributed by atoms with Crippen LogP contribution in [0.15, 0.2) is 12.2 Å². The number of hydrogen-bond donors (Lipinski definition) is 3. The number of phosphoric acid groups is 1. The molecular weight excluding hydrogens is 839 g/mol. The molecule has 20 heteroatoms. The molecule has 2 aliphatic rings. The fourth-order valence-electron chi connectivity index (χ4n) is 7.09. The van der Waals surface area contributed by atoms with Crippen LogP contribution in [0.3, 0.4) is 0 Å². The second-order valence-corrected chi connectivity index (χ2v) is 19.8. The molecule has 2 rings (SSSR count). The van der Waals surface area contributed by atoms with Crippen LogP contribution in [0.25, 0.3) is 0 Å². The van der Waals surface area contributed by atoms with Gasteiger partial charge in [-0.05, 0) is 38.5 Å². The van der Waals surface area contributed by atoms with Crippen molar-refractivity contribution < 1.29 is 78.5 Å². The van der Waals surface area contributed by atoms with Crippen molar-refractivity contribution >= 4 is 30.2 Å². The molecule has 0 aromatic heterocycles. The molecule has 0 aromatic carbocycles. The van der Waals surface area contributed by atoms with Gasteiger partial charge in [-0.15, -0.1) is 0 Å². The molecule has 7 atom stereocenters. The predicted octanol–water partition coefficient (Wildman–Crippen LogP) is 5.05. The summed E-state index contributed by atoms with van der Waals surface area (Å²) in [5.74, 6) is -1.93. The highest BCUT2D eigenvalue weighted by atomic mass is 32.3. The van der Waals surface area contributed by atoms with Crippen LogP contribution in [0.5, 0.6) is 0 Å². The third-order valence-electron chi connectivity index (χ3n) is 10.4. The second kappa shape index (κ2) is 29.8. The van der Waals surface area contributed by atoms with E-state index in [4.69, 9.17) is 43.0 Å². The third kappa shape index (κ3) is 28.1. The Hall–Kier alpha value is -1.58. The lowest BCUT2D eigenvalue weighted by molar-refractivity contribution is -0.870. The van der Waals surface area contributed by atoms with Crippen molar-refractivity contribution in [1.82, 2.24) is 0 Å². The molecule has 0 spiro atoms. The van der Waals surface area contributed by atoms with Crippen molar-refractivity contribution in [3.05, 3.63) is 12.2 Å². The minimum Gasteiger partial charge on any atom is -0.756 e. The molecule has 18 nitrogen and oxygen atoms in total. The zero-order valence-electron chi connectivity index (χ0n) is 37.1. The number of esters is 2. The van der Waals surface area contributed by atoms with Crippen LogP contribution in [-0.2, 0) is 61.5 Å². The van der Waals surface area contributed by atoms with E-state index in [-0.39, 0.29) is 38.6 Å². The van der Waals surface area contributed by atoms with Gasteiger partial charge in [-0.25, -0.2) is 8.98 Å². The van der Waals surface area contributed by atoms with E-state index in [0.717, 1.165) is 64.2 Å². The van der Waals surface area contributed by atoms with Gasteiger partial charge in [0, 0.05) is 32.4 Å². The van der Waals surface area contributed by atoms with E-state index in [1.165, 1.54) is 57.9 Å². The highest BCUT2D eigenvalue weighted by Crippen LogP contribution is 2.44. The van der Waals surface area contributed by atoms with Crippen LogP contribution in [-0.4, -0.2) is 138 Å². The molecule has 4 N–H and O–H groups in total. The van der Waals surface area contributed by atoms with Gasteiger partial charge in [-0.3, -0.25) is 13.9 Å². The largest absolute Gasteiger partial charge is 0.756 e. The number of nitrogens with zero attached hydrogens (tertiary/aromatic N) is 1. The molecule has 0 radical (unpaired) electrons. The summed E-state index contributed by atoms with van der Waals surface area (Å²) in [5, 5.41) is 10.7. The van der Waals surface area contributed by atoms with E-state index in [0.29, 0.717) is 36.9 Å². The average molecular weight is 917 g/mol. The number of carbonyl (C=O) groups is 2. The van der Waals surface area contributed by atoms with Gasteiger partial charge in [0.1, 0.15) is 25.9 Å². The number of aliphatic hydroxyl groups is 1. The van der Waals surface area contributed by atoms with Crippen LogP contribution in [0.4, 0.5) is 0 Å². The first kappa shape index (κ1) is 55.6. The lowest BCUT2D eigenvalue weighted by Gasteiger charge is -2.33. The average Bonchev–Trinajstić information content (AvgIpc) is 3.48. The number of nitrogens with two attached hydrogens (primary N) is 1. The highest BCUT2D eigenvalue weighted by molar-refractivity contribution is 7.80. The van der Waals surface area contributed by atoms with Gasteiger partial charge >= 0.3 is 22.3 Å². The van der Waals surface area contributed by atoms with Gasteiger partial charge < -0.3 is 52.9 Å². The zero-order chi connectivity index (χ0) is 45.2. The van der Waals surface area contributed by atoms with Crippen LogP contribution >= 0.6 is 7.82 Å². The van der Waals surface area contributed by atoms with Crippen molar-refractivity contribution in [2.24, 2.45) is 5.73 Å². The molecule has 2 saturated heterocycles. The summed E-state index contributed by atoms with van der Waals surface area (Å²) >= 11 is 0. The van der Waals surface area contributed by atoms with E-state index < -0.39 is 60.8 Å². The van der Waals surface area contributed by atoms with Gasteiger partial charge in [-0.1, -0.05) is 83.1 Å². The highest BCUT2D eigenvalue weighted by Gasteiger charge is 2.52. The van der Waals surface area contributed by atoms with Crippen LogP contribution < -0.4 is 10.6 Å². The summed E-state index contributed by atoms with van der Waals surface area (Å²) < 4.78 is 84.8. The molecule has 61 heavy (non-hydrogen) atoms. The minimum atomic E-state index is -4.66. The minimum absolute atomic E-state index is 0.0782. The van der Waals surface area contributed by atoms with Gasteiger partial charge in [0.2, 0.25) is 0 Å². The molecule has 2 bridgehead atoms. The van der Waals surface area contributed by atoms with Crippen molar-refractivity contribution in [2.75, 3.05) is 67.3 Å². The Kier molecular flexibility index (Phi) is 27.1. The Morgan fingerprint density at radius 1 is 0.885 bits per heavy atom. The van der Waals surface area contributed by atoms with Crippen molar-refractivity contribution in [3.63, 3.8) is 0 Å². The lowest BCUT2D eigenvalue weighted by atomic mass is 9.94. The maximum atomic E-state index is 12.4. The van der Waals surface area contributed by atoms with E-state index in [9.17, 15) is 32.6 Å². The number of aliphatic hydroxyl groups excluding tert-OH is 1. The Balaban J connectivity index is 1.53. The van der Waals surface area contributed by atoms with Crippen LogP contribution in [0.1, 0.15) is 135 Å². The number of hydrogen-bond acceptors (Lipinski definition) is 16. The molecule has 0 amide bonds. The molecule has 0 aromatic rings. The second-order valence-electron chi connectivity index (χ2n) is 17.3. The summed E-state index contributed by atoms with van der Waals surface area (Å²) in [6, 6.07) is -0.609. The summed E-state index contributed by atoms with van der Waals surface area (Å²) in [6.07, 6.45) is 20.9. The lowest BCUT2D eigenvalue weighted by Crippen LogP contribution is -2.41. The fraction of sp³-hybridized carbons (Fsp3) is 0.902. The smallest absolute Gasteiger partial charge is 0.397 e. The molecule has 2 fully saturated rings.